The van der Waals surface area contributed by atoms with E-state index >= 15 is 0 Å². The van der Waals surface area contributed by atoms with Crippen LogP contribution >= 0.6 is 0 Å². The van der Waals surface area contributed by atoms with Gasteiger partial charge in [0.1, 0.15) is 5.75 Å². The van der Waals surface area contributed by atoms with Crippen LogP contribution in [-0.2, 0) is 11.3 Å². The van der Waals surface area contributed by atoms with Crippen LogP contribution in [0.3, 0.4) is 0 Å². The van der Waals surface area contributed by atoms with Gasteiger partial charge in [-0.3, -0.25) is 4.79 Å². The lowest BCUT2D eigenvalue weighted by atomic mass is 10.1. The van der Waals surface area contributed by atoms with Gasteiger partial charge in [-0.2, -0.15) is 0 Å². The molecular weight excluding hydrogens is 256 g/mol. The molecule has 1 heterocycles. The highest BCUT2D eigenvalue weighted by Gasteiger charge is 2.16. The van der Waals surface area contributed by atoms with Gasteiger partial charge in [-0.05, 0) is 37.5 Å². The van der Waals surface area contributed by atoms with Crippen LogP contribution in [0.2, 0.25) is 0 Å². The van der Waals surface area contributed by atoms with Crippen LogP contribution in [-0.4, -0.2) is 37.3 Å². The highest BCUT2D eigenvalue weighted by Crippen LogP contribution is 2.32. The predicted molar refractivity (Wildman–Crippen MR) is 78.4 cm³/mol. The average molecular weight is 278 g/mol. The molecule has 1 saturated heterocycles. The molecule has 110 valence electrons. The lowest BCUT2D eigenvalue weighted by Gasteiger charge is -2.21. The van der Waals surface area contributed by atoms with Crippen molar-refractivity contribution in [3.63, 3.8) is 0 Å². The molecule has 0 atom stereocenters. The molecule has 5 heteroatoms. The molecule has 0 aromatic heterocycles. The zero-order valence-electron chi connectivity index (χ0n) is 11.9. The molecule has 2 N–H and O–H groups in total. The second kappa shape index (κ2) is 7.14. The monoisotopic (exact) mass is 278 g/mol. The lowest BCUT2D eigenvalue weighted by molar-refractivity contribution is -0.135. The molecule has 20 heavy (non-hydrogen) atoms. The van der Waals surface area contributed by atoms with Crippen LogP contribution in [0.25, 0.3) is 0 Å². The molecule has 1 aliphatic heterocycles. The van der Waals surface area contributed by atoms with E-state index in [0.717, 1.165) is 30.1 Å². The first-order chi connectivity index (χ1) is 9.70. The van der Waals surface area contributed by atoms with Crippen molar-refractivity contribution in [1.82, 2.24) is 5.32 Å². The van der Waals surface area contributed by atoms with E-state index in [4.69, 9.17) is 9.84 Å². The Balaban J connectivity index is 2.07. The third-order valence-electron chi connectivity index (χ3n) is 3.38. The minimum absolute atomic E-state index is 0.0299. The highest BCUT2D eigenvalue weighted by molar-refractivity contribution is 5.69. The van der Waals surface area contributed by atoms with Crippen molar-refractivity contribution in [2.24, 2.45) is 0 Å². The molecule has 0 amide bonds. The van der Waals surface area contributed by atoms with Gasteiger partial charge in [-0.15, -0.1) is 0 Å². The number of hydrogen-bond donors (Lipinski definition) is 2. The van der Waals surface area contributed by atoms with Crippen molar-refractivity contribution in [1.29, 1.82) is 0 Å². The van der Waals surface area contributed by atoms with Gasteiger partial charge in [0, 0.05) is 19.6 Å². The number of hydrogen-bond acceptors (Lipinski definition) is 4. The van der Waals surface area contributed by atoms with Crippen LogP contribution in [0.1, 0.15) is 25.3 Å². The SMILES string of the molecule is CCOc1cc(CNCC(=O)O)ccc1N1CCCC1. The molecule has 0 radical (unpaired) electrons. The Morgan fingerprint density at radius 3 is 2.80 bits per heavy atom. The molecule has 1 fully saturated rings. The van der Waals surface area contributed by atoms with Crippen molar-refractivity contribution < 1.29 is 14.6 Å². The van der Waals surface area contributed by atoms with Gasteiger partial charge in [-0.1, -0.05) is 6.07 Å². The molecule has 1 aromatic rings. The Labute approximate surface area is 119 Å². The summed E-state index contributed by atoms with van der Waals surface area (Å²) in [6, 6.07) is 6.12. The number of benzene rings is 1. The van der Waals surface area contributed by atoms with Gasteiger partial charge >= 0.3 is 5.97 Å². The standard InChI is InChI=1S/C15H22N2O3/c1-2-20-14-9-12(10-16-11-15(18)19)5-6-13(14)17-7-3-4-8-17/h5-6,9,16H,2-4,7-8,10-11H2,1H3,(H,18,19). The maximum Gasteiger partial charge on any atom is 0.317 e. The minimum atomic E-state index is -0.844. The summed E-state index contributed by atoms with van der Waals surface area (Å²) in [6.07, 6.45) is 2.46. The van der Waals surface area contributed by atoms with Gasteiger partial charge in [0.15, 0.2) is 0 Å². The Bertz CT molecular complexity index is 456. The average Bonchev–Trinajstić information content (AvgIpc) is 2.93. The van der Waals surface area contributed by atoms with Crippen molar-refractivity contribution in [3.8, 4) is 5.75 Å². The van der Waals surface area contributed by atoms with Crippen molar-refractivity contribution >= 4 is 11.7 Å². The molecule has 0 aliphatic carbocycles. The summed E-state index contributed by atoms with van der Waals surface area (Å²) in [6.45, 7) is 5.27. The number of aliphatic carboxylic acids is 1. The molecule has 0 spiro atoms. The van der Waals surface area contributed by atoms with Crippen LogP contribution in [0.15, 0.2) is 18.2 Å². The van der Waals surface area contributed by atoms with Gasteiger partial charge < -0.3 is 20.1 Å². The van der Waals surface area contributed by atoms with Crippen LogP contribution in [0.5, 0.6) is 5.75 Å². The topological polar surface area (TPSA) is 61.8 Å². The Kier molecular flexibility index (Phi) is 5.24. The summed E-state index contributed by atoms with van der Waals surface area (Å²) in [5.74, 6) is 0.0488. The van der Waals surface area contributed by atoms with Gasteiger partial charge in [0.05, 0.1) is 18.8 Å². The summed E-state index contributed by atoms with van der Waals surface area (Å²) in [5, 5.41) is 11.5. The Morgan fingerprint density at radius 1 is 1.40 bits per heavy atom. The van der Waals surface area contributed by atoms with Crippen LogP contribution < -0.4 is 15.0 Å². The molecule has 1 aliphatic rings. The van der Waals surface area contributed by atoms with Crippen molar-refractivity contribution in [2.75, 3.05) is 31.1 Å². The van der Waals surface area contributed by atoms with E-state index in [0.29, 0.717) is 13.2 Å². The van der Waals surface area contributed by atoms with Crippen LogP contribution in [0.4, 0.5) is 5.69 Å². The predicted octanol–water partition coefficient (Wildman–Crippen LogP) is 1.86. The number of carbonyl (C=O) groups is 1. The summed E-state index contributed by atoms with van der Waals surface area (Å²) in [5.41, 5.74) is 2.18. The first kappa shape index (κ1) is 14.7. The van der Waals surface area contributed by atoms with Crippen molar-refractivity contribution in [3.05, 3.63) is 23.8 Å². The summed E-state index contributed by atoms with van der Waals surface area (Å²) >= 11 is 0. The first-order valence-corrected chi connectivity index (χ1v) is 7.14. The number of nitrogens with one attached hydrogen (secondary N) is 1. The second-order valence-corrected chi connectivity index (χ2v) is 4.93. The van der Waals surface area contributed by atoms with E-state index in [-0.39, 0.29) is 6.54 Å². The fraction of sp³-hybridized carbons (Fsp3) is 0.533. The summed E-state index contributed by atoms with van der Waals surface area (Å²) < 4.78 is 5.73. The fourth-order valence-corrected chi connectivity index (χ4v) is 2.47. The maximum atomic E-state index is 10.5. The number of rotatable bonds is 7. The molecule has 2 rings (SSSR count). The number of carboxylic acids is 1. The number of ether oxygens (including phenoxy) is 1. The lowest BCUT2D eigenvalue weighted by Crippen LogP contribution is -2.22. The van der Waals surface area contributed by atoms with Crippen LogP contribution in [0, 0.1) is 0 Å². The zero-order valence-corrected chi connectivity index (χ0v) is 11.9. The van der Waals surface area contributed by atoms with E-state index in [1.54, 1.807) is 0 Å². The molecule has 0 bridgehead atoms. The normalized spacial score (nSPS) is 14.6. The largest absolute Gasteiger partial charge is 0.492 e. The van der Waals surface area contributed by atoms with E-state index in [2.05, 4.69) is 16.3 Å². The smallest absolute Gasteiger partial charge is 0.317 e. The van der Waals surface area contributed by atoms with Gasteiger partial charge in [-0.25, -0.2) is 0 Å². The fourth-order valence-electron chi connectivity index (χ4n) is 2.47. The van der Waals surface area contributed by atoms with E-state index < -0.39 is 5.97 Å². The van der Waals surface area contributed by atoms with E-state index in [1.165, 1.54) is 12.8 Å². The van der Waals surface area contributed by atoms with Gasteiger partial charge in [0.25, 0.3) is 0 Å². The summed E-state index contributed by atoms with van der Waals surface area (Å²) in [4.78, 5) is 12.8. The number of anilines is 1. The third-order valence-corrected chi connectivity index (χ3v) is 3.38. The minimum Gasteiger partial charge on any atom is -0.492 e. The second-order valence-electron chi connectivity index (χ2n) is 4.93. The summed E-state index contributed by atoms with van der Waals surface area (Å²) in [7, 11) is 0. The van der Waals surface area contributed by atoms with Crippen molar-refractivity contribution in [2.45, 2.75) is 26.3 Å². The molecule has 1 aromatic carbocycles. The molecular formula is C15H22N2O3. The Morgan fingerprint density at radius 2 is 2.15 bits per heavy atom. The van der Waals surface area contributed by atoms with Gasteiger partial charge in [0.2, 0.25) is 0 Å². The maximum absolute atomic E-state index is 10.5. The molecule has 5 nitrogen and oxygen atoms in total. The quantitative estimate of drug-likeness (QED) is 0.797. The molecule has 0 unspecified atom stereocenters. The molecule has 0 saturated carbocycles. The Hall–Kier alpha value is -1.75. The van der Waals surface area contributed by atoms with E-state index in [1.807, 2.05) is 19.1 Å². The highest BCUT2D eigenvalue weighted by atomic mass is 16.5. The number of carboxylic acid groups (broad SMARTS) is 1. The third kappa shape index (κ3) is 3.87. The van der Waals surface area contributed by atoms with E-state index in [9.17, 15) is 4.79 Å². The number of nitrogens with zero attached hydrogens (tertiary/aromatic N) is 1. The first-order valence-electron chi connectivity index (χ1n) is 7.14. The zero-order chi connectivity index (χ0) is 14.4.